The number of fused-ring (bicyclic) bond motifs is 4. The minimum atomic E-state index is 0. The summed E-state index contributed by atoms with van der Waals surface area (Å²) in [5.41, 5.74) is 8.15. The van der Waals surface area contributed by atoms with E-state index >= 15 is 0 Å². The maximum Gasteiger partial charge on any atom is -0.171 e. The smallest absolute Gasteiger partial charge is 0.171 e. The van der Waals surface area contributed by atoms with Crippen LogP contribution in [-0.4, -0.2) is 7.63 Å². The molecule has 0 aromatic heterocycles. The molecule has 0 aliphatic heterocycles. The molecule has 9 aromatic rings. The first-order valence-electron chi connectivity index (χ1n) is 17.2. The molecule has 53 heavy (non-hydrogen) atoms. The van der Waals surface area contributed by atoms with Crippen LogP contribution < -0.4 is 0 Å². The van der Waals surface area contributed by atoms with E-state index < -0.39 is 0 Å². The molecule has 0 fully saturated rings. The summed E-state index contributed by atoms with van der Waals surface area (Å²) in [6, 6.07) is 65.4. The van der Waals surface area contributed by atoms with Gasteiger partial charge in [0.25, 0.3) is 0 Å². The molecule has 0 nitrogen and oxygen atoms in total. The molecule has 2 radical (unpaired) electrons. The summed E-state index contributed by atoms with van der Waals surface area (Å²) < 4.78 is 0. The Kier molecular flexibility index (Phi) is 16.9. The zero-order valence-electron chi connectivity index (χ0n) is 31.7. The van der Waals surface area contributed by atoms with Crippen LogP contribution in [0.5, 0.6) is 0 Å². The van der Waals surface area contributed by atoms with Crippen LogP contribution in [0.2, 0.25) is 0 Å². The number of hydrogen-bond acceptors (Lipinski definition) is 0. The van der Waals surface area contributed by atoms with E-state index in [4.69, 9.17) is 0 Å². The van der Waals surface area contributed by atoms with Crippen molar-refractivity contribution in [2.24, 2.45) is 0 Å². The molecular weight excluding hydrogens is 689 g/mol. The molecule has 266 valence electrons. The first-order valence-corrected chi connectivity index (χ1v) is 20.1. The zero-order chi connectivity index (χ0) is 34.7. The van der Waals surface area contributed by atoms with E-state index in [9.17, 15) is 0 Å². The summed E-state index contributed by atoms with van der Waals surface area (Å²) in [5.74, 6) is 0. The van der Waals surface area contributed by atoms with Gasteiger partial charge >= 0.3 is 26.8 Å². The van der Waals surface area contributed by atoms with Crippen LogP contribution in [0.4, 0.5) is 0 Å². The first kappa shape index (κ1) is 42.6. The fourth-order valence-electron chi connectivity index (χ4n) is 6.73. The number of hydrogen-bond donors (Lipinski definition) is 0. The Morgan fingerprint density at radius 1 is 0.434 bits per heavy atom. The van der Waals surface area contributed by atoms with Crippen molar-refractivity contribution in [3.05, 3.63) is 215 Å². The van der Waals surface area contributed by atoms with E-state index in [0.717, 1.165) is 12.8 Å². The van der Waals surface area contributed by atoms with Gasteiger partial charge in [-0.15, -0.1) is 69.1 Å². The maximum atomic E-state index is 2.97. The molecule has 0 unspecified atom stereocenters. The second-order valence-electron chi connectivity index (χ2n) is 12.2. The largest absolute Gasteiger partial charge is 0.184 e. The summed E-state index contributed by atoms with van der Waals surface area (Å²) >= 11 is 1.81. The van der Waals surface area contributed by atoms with Crippen molar-refractivity contribution in [2.45, 2.75) is 26.7 Å². The molecule has 0 saturated heterocycles. The zero-order valence-corrected chi connectivity index (χ0v) is 34.2. The van der Waals surface area contributed by atoms with Gasteiger partial charge in [-0.2, -0.15) is 48.5 Å². The molecule has 0 bridgehead atoms. The van der Waals surface area contributed by atoms with Gasteiger partial charge in [-0.25, -0.2) is 0 Å². The average molecular weight is 737 g/mol. The molecule has 0 atom stereocenters. The van der Waals surface area contributed by atoms with E-state index in [1.165, 1.54) is 76.5 Å². The SMILES string of the molecule is CCc1cc2c(-c3cccc4ccccc34)cccc2[cH-]1.CCc1cc2c(-c3cccc4ccccc34)cccc2[cH-]1.[CH3-].[CH3-].[CH3-].[Si]=[Ti].[c-]1ccccc1. The molecule has 0 saturated carbocycles. The second-order valence-corrected chi connectivity index (χ2v) is 12.2. The van der Waals surface area contributed by atoms with Crippen LogP contribution in [-0.2, 0) is 32.0 Å². The Morgan fingerprint density at radius 3 is 1.15 bits per heavy atom. The predicted molar refractivity (Wildman–Crippen MR) is 234 cm³/mol. The molecule has 0 N–H and O–H groups in total. The third-order valence-electron chi connectivity index (χ3n) is 9.20. The Bertz CT molecular complexity index is 2250. The fourth-order valence-corrected chi connectivity index (χ4v) is 6.73. The van der Waals surface area contributed by atoms with E-state index in [1.54, 1.807) is 19.2 Å². The normalized spacial score (nSPS) is 9.91. The predicted octanol–water partition coefficient (Wildman–Crippen LogP) is 14.3. The van der Waals surface area contributed by atoms with Gasteiger partial charge in [0.2, 0.25) is 0 Å². The summed E-state index contributed by atoms with van der Waals surface area (Å²) in [7, 11) is 2.97. The number of rotatable bonds is 4. The van der Waals surface area contributed by atoms with Gasteiger partial charge in [0.15, 0.2) is 0 Å². The quantitative estimate of drug-likeness (QED) is 0.125. The van der Waals surface area contributed by atoms with Crippen LogP contribution in [0, 0.1) is 28.3 Å². The minimum absolute atomic E-state index is 0. The van der Waals surface area contributed by atoms with Crippen molar-refractivity contribution in [2.75, 3.05) is 0 Å². The molecule has 0 spiro atoms. The van der Waals surface area contributed by atoms with Crippen molar-refractivity contribution >= 4 is 50.7 Å². The van der Waals surface area contributed by atoms with E-state index in [-0.39, 0.29) is 22.3 Å². The van der Waals surface area contributed by atoms with Gasteiger partial charge in [-0.3, -0.25) is 0 Å². The number of aryl methyl sites for hydroxylation is 2. The van der Waals surface area contributed by atoms with Gasteiger partial charge in [-0.1, -0.05) is 122 Å². The van der Waals surface area contributed by atoms with Gasteiger partial charge in [0.05, 0.1) is 0 Å². The summed E-state index contributed by atoms with van der Waals surface area (Å²) in [4.78, 5) is 0. The summed E-state index contributed by atoms with van der Waals surface area (Å²) in [6.07, 6.45) is 2.17. The Labute approximate surface area is 332 Å². The topological polar surface area (TPSA) is 0 Å². The summed E-state index contributed by atoms with van der Waals surface area (Å²) in [5, 5.41) is 10.7. The van der Waals surface area contributed by atoms with Crippen LogP contribution in [0.15, 0.2) is 176 Å². The van der Waals surface area contributed by atoms with Crippen molar-refractivity contribution < 1.29 is 19.2 Å². The monoisotopic (exact) mass is 736 g/mol. The van der Waals surface area contributed by atoms with Gasteiger partial charge in [0, 0.05) is 0 Å². The Balaban J connectivity index is 0.000000226. The molecule has 0 aliphatic carbocycles. The molecule has 0 aliphatic rings. The standard InChI is InChI=1S/2C21H17.C6H5.3CH3.Si.Ti/c2*1-2-15-13-17-9-6-12-20(21(17)14-15)19-11-5-8-16-7-3-4-10-18(16)19;1-2-4-6-5-3-1;;;;;/h2*3-14H,2H2,1H3;1-5H;3*1H3;;/q6*-1;;. The van der Waals surface area contributed by atoms with E-state index in [0.29, 0.717) is 0 Å². The van der Waals surface area contributed by atoms with Crippen molar-refractivity contribution in [3.63, 3.8) is 0 Å². The average Bonchev–Trinajstić information content (AvgIpc) is 3.84. The van der Waals surface area contributed by atoms with Crippen LogP contribution >= 0.6 is 0 Å². The van der Waals surface area contributed by atoms with Gasteiger partial charge in [0.1, 0.15) is 0 Å². The third-order valence-corrected chi connectivity index (χ3v) is 9.20. The Morgan fingerprint density at radius 2 is 0.792 bits per heavy atom. The van der Waals surface area contributed by atoms with Crippen molar-refractivity contribution in [1.29, 1.82) is 0 Å². The second kappa shape index (κ2) is 21.0. The van der Waals surface area contributed by atoms with Crippen LogP contribution in [0.25, 0.3) is 65.3 Å². The van der Waals surface area contributed by atoms with Crippen molar-refractivity contribution in [3.8, 4) is 22.3 Å². The molecule has 2 heteroatoms. The molecule has 0 heterocycles. The van der Waals surface area contributed by atoms with Gasteiger partial charge < -0.3 is 22.3 Å². The fraction of sp³-hybridized carbons (Fsp3) is 0.0784. The number of benzene rings is 7. The molecule has 0 amide bonds. The third kappa shape index (κ3) is 9.80. The van der Waals surface area contributed by atoms with Crippen LogP contribution in [0.1, 0.15) is 25.0 Å². The molecule has 9 rings (SSSR count). The first-order chi connectivity index (χ1) is 24.7. The van der Waals surface area contributed by atoms with Gasteiger partial charge in [-0.05, 0) is 45.5 Å². The summed E-state index contributed by atoms with van der Waals surface area (Å²) in [6.45, 7) is 4.43. The molecular formula is C51H48SiTi-6. The Hall–Kier alpha value is -4.79. The van der Waals surface area contributed by atoms with Crippen molar-refractivity contribution in [1.82, 2.24) is 0 Å². The van der Waals surface area contributed by atoms with Crippen LogP contribution in [0.3, 0.4) is 0 Å². The molecule has 9 aromatic carbocycles. The van der Waals surface area contributed by atoms with E-state index in [1.807, 2.05) is 30.3 Å². The van der Waals surface area contributed by atoms with E-state index in [2.05, 4.69) is 173 Å². The minimum Gasteiger partial charge on any atom is -0.184 e. The maximum absolute atomic E-state index is 2.97.